The molecule has 50 heavy (non-hydrogen) atoms. The van der Waals surface area contributed by atoms with E-state index in [9.17, 15) is 43.7 Å². The fraction of sp³-hybridized carbons (Fsp3) is 0.250. The van der Waals surface area contributed by atoms with E-state index in [-0.39, 0.29) is 35.7 Å². The second-order valence-corrected chi connectivity index (χ2v) is 13.8. The number of carbonyl (C=O) groups is 5. The van der Waals surface area contributed by atoms with Crippen molar-refractivity contribution in [3.05, 3.63) is 95.3 Å². The molecule has 2 aliphatic carbocycles. The van der Waals surface area contributed by atoms with E-state index in [4.69, 9.17) is 27.9 Å². The normalized spacial score (nSPS) is 28.8. The van der Waals surface area contributed by atoms with Gasteiger partial charge in [0.15, 0.2) is 21.2 Å². The van der Waals surface area contributed by atoms with Crippen molar-refractivity contribution in [2.75, 3.05) is 16.9 Å². The average molecular weight is 722 g/mol. The molecule has 2 saturated heterocycles. The van der Waals surface area contributed by atoms with Gasteiger partial charge in [-0.3, -0.25) is 19.2 Å². The van der Waals surface area contributed by atoms with Crippen LogP contribution in [-0.2, 0) is 19.2 Å². The second-order valence-electron chi connectivity index (χ2n) is 12.6. The Kier molecular flexibility index (Phi) is 7.80. The van der Waals surface area contributed by atoms with Gasteiger partial charge < -0.3 is 20.1 Å². The van der Waals surface area contributed by atoms with Crippen molar-refractivity contribution in [3.8, 4) is 17.2 Å². The van der Waals surface area contributed by atoms with Gasteiger partial charge in [0.2, 0.25) is 11.8 Å². The Hall–Kier alpha value is -5.20. The molecule has 0 unspecified atom stereocenters. The van der Waals surface area contributed by atoms with Gasteiger partial charge in [0, 0.05) is 12.0 Å². The molecule has 0 radical (unpaired) electrons. The molecule has 3 N–H and O–H groups in total. The van der Waals surface area contributed by atoms with Crippen LogP contribution in [0.5, 0.6) is 17.2 Å². The summed E-state index contributed by atoms with van der Waals surface area (Å²) in [5, 5.41) is 29.8. The minimum Gasteiger partial charge on any atom is -0.507 e. The first-order valence-electron chi connectivity index (χ1n) is 15.4. The lowest BCUT2D eigenvalue weighted by Crippen LogP contribution is -2.60. The lowest BCUT2D eigenvalue weighted by atomic mass is 9.57. The lowest BCUT2D eigenvalue weighted by molar-refractivity contribution is -0.125. The number of benzene rings is 3. The number of nitrogens with zero attached hydrogens (tertiary/aromatic N) is 2. The largest absolute Gasteiger partial charge is 0.507 e. The predicted octanol–water partition coefficient (Wildman–Crippen LogP) is 5.26. The van der Waals surface area contributed by atoms with Crippen molar-refractivity contribution < 1.29 is 48.4 Å². The third-order valence-corrected chi connectivity index (χ3v) is 11.5. The van der Waals surface area contributed by atoms with Crippen LogP contribution in [0.3, 0.4) is 0 Å². The van der Waals surface area contributed by atoms with Crippen molar-refractivity contribution in [3.63, 3.8) is 0 Å². The number of carbonyl (C=O) groups excluding carboxylic acids is 4. The van der Waals surface area contributed by atoms with Crippen molar-refractivity contribution in [2.45, 2.75) is 22.6 Å². The lowest BCUT2D eigenvalue weighted by Gasteiger charge is -2.49. The van der Waals surface area contributed by atoms with Crippen LogP contribution in [0, 0.1) is 29.5 Å². The monoisotopic (exact) mass is 720 g/mol. The zero-order valence-electron chi connectivity index (χ0n) is 26.0. The quantitative estimate of drug-likeness (QED) is 0.175. The number of rotatable bonds is 6. The number of hydrogen-bond acceptors (Lipinski definition) is 8. The van der Waals surface area contributed by atoms with Crippen LogP contribution in [0.4, 0.5) is 15.8 Å². The SMILES string of the molecule is COc1cc(C=C[C@H]2C3=CC[C@@H]4C(=O)N(c5ccc(C(=O)O)c(O)c5)C(=O)[C@@H]4[C@@H]3C[C@@]3(Cl)C(=O)N(c4ccc(F)cc4)C(=O)[C@@]23Cl)ccc1O. The van der Waals surface area contributed by atoms with E-state index in [1.54, 1.807) is 30.4 Å². The van der Waals surface area contributed by atoms with Gasteiger partial charge in [0.1, 0.15) is 17.1 Å². The molecule has 3 fully saturated rings. The maximum absolute atomic E-state index is 14.4. The van der Waals surface area contributed by atoms with Crippen LogP contribution < -0.4 is 14.5 Å². The molecule has 256 valence electrons. The minimum absolute atomic E-state index is 0.0335. The molecule has 11 nitrogen and oxygen atoms in total. The van der Waals surface area contributed by atoms with Gasteiger partial charge in [-0.25, -0.2) is 19.0 Å². The van der Waals surface area contributed by atoms with E-state index in [0.29, 0.717) is 11.1 Å². The molecule has 3 aromatic rings. The summed E-state index contributed by atoms with van der Waals surface area (Å²) in [6, 6.07) is 12.6. The Balaban J connectivity index is 1.34. The van der Waals surface area contributed by atoms with Gasteiger partial charge in [-0.05, 0) is 72.9 Å². The van der Waals surface area contributed by atoms with Gasteiger partial charge in [0.05, 0.1) is 30.3 Å². The number of carboxylic acids is 1. The third-order valence-electron chi connectivity index (χ3n) is 10.1. The summed E-state index contributed by atoms with van der Waals surface area (Å²) >= 11 is 14.6. The molecule has 4 aliphatic rings. The molecule has 7 rings (SSSR count). The highest BCUT2D eigenvalue weighted by atomic mass is 35.5. The Bertz CT molecular complexity index is 2090. The number of imide groups is 2. The Morgan fingerprint density at radius 1 is 0.900 bits per heavy atom. The van der Waals surface area contributed by atoms with Gasteiger partial charge in [-0.2, -0.15) is 0 Å². The smallest absolute Gasteiger partial charge is 0.339 e. The summed E-state index contributed by atoms with van der Waals surface area (Å²) in [5.41, 5.74) is 0.633. The van der Waals surface area contributed by atoms with Crippen LogP contribution >= 0.6 is 23.2 Å². The molecular formula is C36H27Cl2FN2O9. The Morgan fingerprint density at radius 2 is 1.60 bits per heavy atom. The molecule has 0 aromatic heterocycles. The number of aromatic carboxylic acids is 1. The van der Waals surface area contributed by atoms with E-state index in [1.807, 2.05) is 0 Å². The van der Waals surface area contributed by atoms with Crippen molar-refractivity contribution >= 4 is 70.3 Å². The molecule has 6 atom stereocenters. The van der Waals surface area contributed by atoms with Crippen LogP contribution in [0.15, 0.2) is 78.4 Å². The second kappa shape index (κ2) is 11.7. The number of phenolic OH excluding ortho intramolecular Hbond substituents is 1. The fourth-order valence-electron chi connectivity index (χ4n) is 7.75. The number of methoxy groups -OCH3 is 1. The molecule has 0 bridgehead atoms. The van der Waals surface area contributed by atoms with E-state index >= 15 is 0 Å². The number of anilines is 2. The molecule has 14 heteroatoms. The van der Waals surface area contributed by atoms with Crippen molar-refractivity contribution in [2.24, 2.45) is 23.7 Å². The molecule has 3 aromatic carbocycles. The molecule has 1 saturated carbocycles. The third kappa shape index (κ3) is 4.65. The number of allylic oxidation sites excluding steroid dienone is 3. The summed E-state index contributed by atoms with van der Waals surface area (Å²) in [5.74, 6) is -9.44. The highest BCUT2D eigenvalue weighted by Gasteiger charge is 2.76. The standard InChI is InChI=1S/C36H27Cl2FN2O9/c1-50-28-14-17(3-13-26(28)42)2-12-25-21-10-11-23-29(31(45)40(30(23)44)20-8-9-22(32(46)47)27(43)15-20)24(21)16-35(37)33(48)41(34(49)36(25,35)38)19-6-4-18(39)5-7-19/h2-10,12-15,23-25,29,42-43H,11,16H2,1H3,(H,46,47)/t23-,24+,25-,29-,35+,36-/m0/s1. The summed E-state index contributed by atoms with van der Waals surface area (Å²) in [7, 11) is 1.38. The number of aromatic hydroxyl groups is 2. The van der Waals surface area contributed by atoms with Gasteiger partial charge in [-0.1, -0.05) is 29.9 Å². The number of alkyl halides is 2. The summed E-state index contributed by atoms with van der Waals surface area (Å²) in [4.78, 5) is 65.6. The van der Waals surface area contributed by atoms with Gasteiger partial charge in [-0.15, -0.1) is 23.2 Å². The maximum Gasteiger partial charge on any atom is 0.339 e. The van der Waals surface area contributed by atoms with Crippen molar-refractivity contribution in [1.29, 1.82) is 0 Å². The molecule has 2 heterocycles. The average Bonchev–Trinajstić information content (AvgIpc) is 3.42. The number of amides is 4. The van der Waals surface area contributed by atoms with E-state index < -0.39 is 80.1 Å². The molecule has 2 aliphatic heterocycles. The number of phenols is 2. The number of fused-ring (bicyclic) bond motifs is 4. The minimum atomic E-state index is -2.14. The number of hydrogen-bond donors (Lipinski definition) is 3. The topological polar surface area (TPSA) is 162 Å². The van der Waals surface area contributed by atoms with Gasteiger partial charge >= 0.3 is 5.97 Å². The van der Waals surface area contributed by atoms with Crippen LogP contribution in [0.25, 0.3) is 6.08 Å². The van der Waals surface area contributed by atoms with Gasteiger partial charge in [0.25, 0.3) is 11.8 Å². The summed E-state index contributed by atoms with van der Waals surface area (Å²) in [6.07, 6.45) is 4.70. The van der Waals surface area contributed by atoms with Crippen molar-refractivity contribution in [1.82, 2.24) is 0 Å². The predicted molar refractivity (Wildman–Crippen MR) is 179 cm³/mol. The van der Waals surface area contributed by atoms with Crippen LogP contribution in [-0.4, -0.2) is 61.8 Å². The zero-order valence-corrected chi connectivity index (χ0v) is 27.6. The molecular weight excluding hydrogens is 694 g/mol. The maximum atomic E-state index is 14.4. The summed E-state index contributed by atoms with van der Waals surface area (Å²) < 4.78 is 19.1. The number of ether oxygens (including phenoxy) is 1. The number of carboxylic acid groups (broad SMARTS) is 1. The van der Waals surface area contributed by atoms with E-state index in [1.165, 1.54) is 31.4 Å². The zero-order chi connectivity index (χ0) is 35.9. The highest BCUT2D eigenvalue weighted by molar-refractivity contribution is 6.58. The first kappa shape index (κ1) is 33.3. The number of halogens is 3. The van der Waals surface area contributed by atoms with Crippen LogP contribution in [0.2, 0.25) is 0 Å². The summed E-state index contributed by atoms with van der Waals surface area (Å²) in [6.45, 7) is 0. The Labute approximate surface area is 293 Å². The Morgan fingerprint density at radius 3 is 2.26 bits per heavy atom. The highest BCUT2D eigenvalue weighted by Crippen LogP contribution is 2.63. The first-order chi connectivity index (χ1) is 23.7. The van der Waals surface area contributed by atoms with E-state index in [2.05, 4.69) is 0 Å². The molecule has 4 amide bonds. The fourth-order valence-corrected chi connectivity index (χ4v) is 8.64. The molecule has 0 spiro atoms. The van der Waals surface area contributed by atoms with E-state index in [0.717, 1.165) is 34.1 Å². The first-order valence-corrected chi connectivity index (χ1v) is 16.2. The van der Waals surface area contributed by atoms with Crippen LogP contribution in [0.1, 0.15) is 28.8 Å².